The Kier molecular flexibility index (Phi) is 7.20. The van der Waals surface area contributed by atoms with Crippen LogP contribution < -0.4 is 19.6 Å². The van der Waals surface area contributed by atoms with Crippen LogP contribution in [0.15, 0.2) is 99.9 Å². The van der Waals surface area contributed by atoms with Crippen molar-refractivity contribution in [2.45, 2.75) is 19.6 Å². The van der Waals surface area contributed by atoms with Crippen LogP contribution in [-0.2, 0) is 16.1 Å². The van der Waals surface area contributed by atoms with E-state index in [9.17, 15) is 19.7 Å². The molecule has 5 rings (SSSR count). The highest BCUT2D eigenvalue weighted by Crippen LogP contribution is 2.31. The number of hydrogen-bond acceptors (Lipinski definition) is 8. The second-order valence-electron chi connectivity index (χ2n) is 8.77. The molecule has 0 N–H and O–H groups in total. The van der Waals surface area contributed by atoms with Crippen LogP contribution in [0.1, 0.15) is 29.7 Å². The van der Waals surface area contributed by atoms with Gasteiger partial charge in [0.1, 0.15) is 12.4 Å². The summed E-state index contributed by atoms with van der Waals surface area (Å²) in [6.45, 7) is 2.11. The Balaban J connectivity index is 1.56. The van der Waals surface area contributed by atoms with E-state index in [1.165, 1.54) is 23.8 Å². The Morgan fingerprint density at radius 2 is 1.85 bits per heavy atom. The summed E-state index contributed by atoms with van der Waals surface area (Å²) in [6, 6.07) is 22.2. The molecule has 196 valence electrons. The van der Waals surface area contributed by atoms with Crippen molar-refractivity contribution in [1.82, 2.24) is 4.57 Å². The lowest BCUT2D eigenvalue weighted by Gasteiger charge is -2.24. The minimum atomic E-state index is -0.774. The number of benzene rings is 3. The van der Waals surface area contributed by atoms with E-state index in [0.717, 1.165) is 16.9 Å². The van der Waals surface area contributed by atoms with E-state index in [0.29, 0.717) is 38.5 Å². The molecule has 0 fully saturated rings. The molecular formula is C29H23N3O6S. The average molecular weight is 542 g/mol. The number of nitro benzene ring substituents is 1. The van der Waals surface area contributed by atoms with Crippen LogP contribution in [0, 0.1) is 10.1 Å². The molecule has 0 radical (unpaired) electrons. The summed E-state index contributed by atoms with van der Waals surface area (Å²) in [5, 5.41) is 11.2. The van der Waals surface area contributed by atoms with Crippen LogP contribution in [0.3, 0.4) is 0 Å². The number of ether oxygens (including phenoxy) is 2. The Morgan fingerprint density at radius 3 is 2.54 bits per heavy atom. The number of thiazole rings is 1. The van der Waals surface area contributed by atoms with Crippen LogP contribution >= 0.6 is 11.3 Å². The molecule has 2 heterocycles. The van der Waals surface area contributed by atoms with E-state index >= 15 is 0 Å². The van der Waals surface area contributed by atoms with Gasteiger partial charge >= 0.3 is 5.97 Å². The fourth-order valence-corrected chi connectivity index (χ4v) is 5.42. The van der Waals surface area contributed by atoms with E-state index in [-0.39, 0.29) is 16.8 Å². The zero-order valence-electron chi connectivity index (χ0n) is 21.1. The van der Waals surface area contributed by atoms with E-state index in [1.807, 2.05) is 42.5 Å². The van der Waals surface area contributed by atoms with Gasteiger partial charge in [0.15, 0.2) is 4.80 Å². The van der Waals surface area contributed by atoms with Gasteiger partial charge in [0.25, 0.3) is 11.2 Å². The van der Waals surface area contributed by atoms with Crippen molar-refractivity contribution in [2.24, 2.45) is 4.99 Å². The van der Waals surface area contributed by atoms with Gasteiger partial charge in [-0.1, -0.05) is 65.9 Å². The maximum Gasteiger partial charge on any atom is 0.338 e. The Morgan fingerprint density at radius 1 is 1.10 bits per heavy atom. The van der Waals surface area contributed by atoms with Gasteiger partial charge in [-0.25, -0.2) is 9.79 Å². The molecule has 1 unspecified atom stereocenters. The quantitative estimate of drug-likeness (QED) is 0.199. The van der Waals surface area contributed by atoms with Crippen molar-refractivity contribution in [3.63, 3.8) is 0 Å². The molecule has 39 heavy (non-hydrogen) atoms. The molecule has 0 saturated carbocycles. The lowest BCUT2D eigenvalue weighted by Crippen LogP contribution is -2.39. The summed E-state index contributed by atoms with van der Waals surface area (Å²) in [5.41, 5.74) is 2.48. The van der Waals surface area contributed by atoms with Crippen LogP contribution in [0.25, 0.3) is 6.08 Å². The number of fused-ring (bicyclic) bond motifs is 1. The summed E-state index contributed by atoms with van der Waals surface area (Å²) in [7, 11) is 1.29. The standard InChI is InChI=1S/C29H23N3O6S/c1-18-25(28(34)37-2)26(21-11-13-23(14-12-21)38-17-19-7-4-3-5-8-19)31-27(33)24(39-29(31)30-18)16-20-9-6-10-22(15-20)32(35)36/h3-16,26H,17H2,1-2H3. The number of carbonyl (C=O) groups is 1. The molecule has 10 heteroatoms. The minimum Gasteiger partial charge on any atom is -0.489 e. The van der Waals surface area contributed by atoms with E-state index in [1.54, 1.807) is 37.3 Å². The Labute approximate surface area is 226 Å². The second kappa shape index (κ2) is 10.9. The molecule has 0 saturated heterocycles. The van der Waals surface area contributed by atoms with Gasteiger partial charge in [-0.3, -0.25) is 19.5 Å². The number of carbonyl (C=O) groups excluding carboxylic acids is 1. The molecule has 4 aromatic rings. The molecule has 0 spiro atoms. The lowest BCUT2D eigenvalue weighted by molar-refractivity contribution is -0.384. The third-order valence-corrected chi connectivity index (χ3v) is 7.23. The third-order valence-electron chi connectivity index (χ3n) is 6.25. The zero-order chi connectivity index (χ0) is 27.5. The monoisotopic (exact) mass is 541 g/mol. The molecule has 1 atom stereocenters. The summed E-state index contributed by atoms with van der Waals surface area (Å²) in [5.74, 6) is 0.0552. The number of nitro groups is 1. The predicted molar refractivity (Wildman–Crippen MR) is 146 cm³/mol. The van der Waals surface area contributed by atoms with Gasteiger partial charge in [0.2, 0.25) is 0 Å². The first-order valence-corrected chi connectivity index (χ1v) is 12.8. The molecule has 1 aliphatic heterocycles. The van der Waals surface area contributed by atoms with Crippen LogP contribution in [0.4, 0.5) is 5.69 Å². The highest BCUT2D eigenvalue weighted by atomic mass is 32.1. The average Bonchev–Trinajstić information content (AvgIpc) is 3.25. The number of nitrogens with zero attached hydrogens (tertiary/aromatic N) is 3. The number of esters is 1. The smallest absolute Gasteiger partial charge is 0.338 e. The second-order valence-corrected chi connectivity index (χ2v) is 9.78. The van der Waals surface area contributed by atoms with Crippen molar-refractivity contribution in [3.8, 4) is 5.75 Å². The van der Waals surface area contributed by atoms with Crippen molar-refractivity contribution in [2.75, 3.05) is 7.11 Å². The Bertz CT molecular complexity index is 1770. The normalized spacial score (nSPS) is 14.9. The number of rotatable bonds is 7. The van der Waals surface area contributed by atoms with Gasteiger partial charge in [-0.15, -0.1) is 0 Å². The number of non-ortho nitro benzene ring substituents is 1. The summed E-state index contributed by atoms with van der Waals surface area (Å²) >= 11 is 1.15. The van der Waals surface area contributed by atoms with E-state index in [2.05, 4.69) is 4.99 Å². The molecule has 3 aromatic carbocycles. The van der Waals surface area contributed by atoms with Crippen molar-refractivity contribution < 1.29 is 19.2 Å². The van der Waals surface area contributed by atoms with E-state index < -0.39 is 16.9 Å². The predicted octanol–water partition coefficient (Wildman–Crippen LogP) is 3.90. The molecule has 9 nitrogen and oxygen atoms in total. The summed E-state index contributed by atoms with van der Waals surface area (Å²) in [4.78, 5) is 42.2. The maximum absolute atomic E-state index is 13.7. The highest BCUT2D eigenvalue weighted by molar-refractivity contribution is 7.07. The summed E-state index contributed by atoms with van der Waals surface area (Å²) in [6.07, 6.45) is 1.59. The van der Waals surface area contributed by atoms with Gasteiger partial charge in [0, 0.05) is 12.1 Å². The first-order chi connectivity index (χ1) is 18.9. The topological polar surface area (TPSA) is 113 Å². The SMILES string of the molecule is COC(=O)C1=C(C)N=c2sc(=Cc3cccc([N+](=O)[O-])c3)c(=O)n2C1c1ccc(OCc2ccccc2)cc1. The third kappa shape index (κ3) is 5.27. The highest BCUT2D eigenvalue weighted by Gasteiger charge is 2.33. The molecule has 1 aliphatic rings. The number of aromatic nitrogens is 1. The van der Waals surface area contributed by atoms with Crippen molar-refractivity contribution >= 4 is 29.1 Å². The summed E-state index contributed by atoms with van der Waals surface area (Å²) < 4.78 is 12.7. The van der Waals surface area contributed by atoms with Crippen molar-refractivity contribution in [1.29, 1.82) is 0 Å². The fourth-order valence-electron chi connectivity index (χ4n) is 4.37. The molecule has 0 aliphatic carbocycles. The fraction of sp³-hybridized carbons (Fsp3) is 0.138. The molecule has 0 amide bonds. The first-order valence-electron chi connectivity index (χ1n) is 12.0. The van der Waals surface area contributed by atoms with Gasteiger partial charge in [0.05, 0.1) is 33.9 Å². The van der Waals surface area contributed by atoms with E-state index in [4.69, 9.17) is 9.47 Å². The van der Waals surface area contributed by atoms with Crippen LogP contribution in [0.2, 0.25) is 0 Å². The number of allylic oxidation sites excluding steroid dienone is 1. The van der Waals surface area contributed by atoms with Crippen LogP contribution in [-0.4, -0.2) is 22.6 Å². The minimum absolute atomic E-state index is 0.0761. The van der Waals surface area contributed by atoms with Crippen LogP contribution in [0.5, 0.6) is 5.75 Å². The largest absolute Gasteiger partial charge is 0.489 e. The Hall–Kier alpha value is -4.83. The number of methoxy groups -OCH3 is 1. The maximum atomic E-state index is 13.7. The zero-order valence-corrected chi connectivity index (χ0v) is 21.9. The van der Waals surface area contributed by atoms with Crippen molar-refractivity contribution in [3.05, 3.63) is 137 Å². The lowest BCUT2D eigenvalue weighted by atomic mass is 9.96. The molecular weight excluding hydrogens is 518 g/mol. The van der Waals surface area contributed by atoms with Gasteiger partial charge in [-0.05, 0) is 41.8 Å². The first kappa shape index (κ1) is 25.8. The number of hydrogen-bond donors (Lipinski definition) is 0. The molecule has 1 aromatic heterocycles. The molecule has 0 bridgehead atoms. The van der Waals surface area contributed by atoms with Gasteiger partial charge in [-0.2, -0.15) is 0 Å². The van der Waals surface area contributed by atoms with Gasteiger partial charge < -0.3 is 9.47 Å².